The molecule has 11 rings (SSSR count). The van der Waals surface area contributed by atoms with Crippen LogP contribution in [0.4, 0.5) is 17.1 Å². The third kappa shape index (κ3) is 5.72. The zero-order valence-electron chi connectivity index (χ0n) is 31.3. The van der Waals surface area contributed by atoms with Crippen molar-refractivity contribution in [2.24, 2.45) is 0 Å². The lowest BCUT2D eigenvalue weighted by Crippen LogP contribution is -2.12. The maximum atomic E-state index is 2.47. The van der Waals surface area contributed by atoms with Gasteiger partial charge in [0.25, 0.3) is 0 Å². The van der Waals surface area contributed by atoms with Crippen LogP contribution in [0.5, 0.6) is 0 Å². The maximum Gasteiger partial charge on any atom is 0.0624 e. The molecule has 1 nitrogen and oxygen atoms in total. The summed E-state index contributed by atoms with van der Waals surface area (Å²) in [6, 6.07) is 82.1. The van der Waals surface area contributed by atoms with Gasteiger partial charge in [-0.2, -0.15) is 0 Å². The molecule has 0 aromatic heterocycles. The zero-order valence-corrected chi connectivity index (χ0v) is 31.3. The number of fused-ring (bicyclic) bond motifs is 7. The molecule has 0 aliphatic carbocycles. The van der Waals surface area contributed by atoms with Gasteiger partial charge in [-0.05, 0) is 113 Å². The zero-order chi connectivity index (χ0) is 37.7. The molecule has 0 aliphatic heterocycles. The van der Waals surface area contributed by atoms with Gasteiger partial charge in [0.2, 0.25) is 0 Å². The van der Waals surface area contributed by atoms with E-state index in [9.17, 15) is 0 Å². The Morgan fingerprint density at radius 3 is 1.33 bits per heavy atom. The van der Waals surface area contributed by atoms with E-state index < -0.39 is 0 Å². The fourth-order valence-corrected chi connectivity index (χ4v) is 8.82. The second-order valence-corrected chi connectivity index (χ2v) is 14.9. The molecule has 0 bridgehead atoms. The molecular formula is C56H37N. The van der Waals surface area contributed by atoms with Gasteiger partial charge in [-0.3, -0.25) is 0 Å². The van der Waals surface area contributed by atoms with Gasteiger partial charge in [0, 0.05) is 22.3 Å². The number of hydrogen-bond acceptors (Lipinski definition) is 1. The largest absolute Gasteiger partial charge is 0.309 e. The monoisotopic (exact) mass is 723 g/mol. The van der Waals surface area contributed by atoms with Gasteiger partial charge in [-0.15, -0.1) is 0 Å². The molecule has 0 saturated carbocycles. The van der Waals surface area contributed by atoms with Crippen LogP contribution in [0.25, 0.3) is 87.2 Å². The Hall–Kier alpha value is -7.48. The summed E-state index contributed by atoms with van der Waals surface area (Å²) in [7, 11) is 0. The molecule has 0 unspecified atom stereocenters. The molecule has 1 heteroatoms. The summed E-state index contributed by atoms with van der Waals surface area (Å²) < 4.78 is 0. The Labute approximate surface area is 332 Å². The Morgan fingerprint density at radius 1 is 0.228 bits per heavy atom. The lowest BCUT2D eigenvalue weighted by Gasteiger charge is -2.31. The van der Waals surface area contributed by atoms with Crippen molar-refractivity contribution in [3.63, 3.8) is 0 Å². The van der Waals surface area contributed by atoms with Crippen LogP contribution in [-0.4, -0.2) is 0 Å². The van der Waals surface area contributed by atoms with Gasteiger partial charge in [0.05, 0.1) is 5.69 Å². The van der Waals surface area contributed by atoms with E-state index in [-0.39, 0.29) is 0 Å². The van der Waals surface area contributed by atoms with Crippen LogP contribution in [0, 0.1) is 0 Å². The van der Waals surface area contributed by atoms with E-state index >= 15 is 0 Å². The van der Waals surface area contributed by atoms with Gasteiger partial charge < -0.3 is 4.90 Å². The second kappa shape index (κ2) is 13.7. The molecule has 0 saturated heterocycles. The molecule has 11 aromatic rings. The fourth-order valence-electron chi connectivity index (χ4n) is 8.82. The normalized spacial score (nSPS) is 11.5. The SMILES string of the molecule is c1ccc(-c2c(N(c3ccc(-c4ccc5ccccc5c4)cc3)c3ccc(-c4ccc5ccc6ccccc6c5c4)cc3)c3ccccc3c3ccccc23)cc1. The molecule has 0 fully saturated rings. The van der Waals surface area contributed by atoms with Crippen molar-refractivity contribution in [3.8, 4) is 33.4 Å². The average Bonchev–Trinajstić information content (AvgIpc) is 3.29. The van der Waals surface area contributed by atoms with Gasteiger partial charge in [0.1, 0.15) is 0 Å². The topological polar surface area (TPSA) is 3.24 Å². The molecule has 0 aliphatic rings. The Balaban J connectivity index is 1.12. The fraction of sp³-hybridized carbons (Fsp3) is 0. The highest BCUT2D eigenvalue weighted by Crippen LogP contribution is 2.49. The first-order valence-electron chi connectivity index (χ1n) is 19.7. The molecule has 0 spiro atoms. The Bertz CT molecular complexity index is 3270. The molecule has 11 aromatic carbocycles. The van der Waals surface area contributed by atoms with Gasteiger partial charge >= 0.3 is 0 Å². The van der Waals surface area contributed by atoms with Crippen LogP contribution in [0.1, 0.15) is 0 Å². The summed E-state index contributed by atoms with van der Waals surface area (Å²) in [6.45, 7) is 0. The minimum atomic E-state index is 1.10. The molecule has 0 atom stereocenters. The van der Waals surface area contributed by atoms with E-state index in [1.807, 2.05) is 0 Å². The van der Waals surface area contributed by atoms with Crippen molar-refractivity contribution in [3.05, 3.63) is 224 Å². The highest BCUT2D eigenvalue weighted by molar-refractivity contribution is 6.22. The van der Waals surface area contributed by atoms with E-state index in [1.165, 1.54) is 92.9 Å². The summed E-state index contributed by atoms with van der Waals surface area (Å²) in [4.78, 5) is 2.47. The first-order valence-corrected chi connectivity index (χ1v) is 19.7. The highest BCUT2D eigenvalue weighted by Gasteiger charge is 2.23. The van der Waals surface area contributed by atoms with Gasteiger partial charge in [-0.1, -0.05) is 188 Å². The smallest absolute Gasteiger partial charge is 0.0624 e. The van der Waals surface area contributed by atoms with Crippen LogP contribution in [0.15, 0.2) is 224 Å². The van der Waals surface area contributed by atoms with E-state index in [4.69, 9.17) is 0 Å². The third-order valence-electron chi connectivity index (χ3n) is 11.6. The number of rotatable bonds is 6. The predicted octanol–water partition coefficient (Wildman–Crippen LogP) is 15.9. The van der Waals surface area contributed by atoms with Crippen molar-refractivity contribution in [2.45, 2.75) is 0 Å². The van der Waals surface area contributed by atoms with Crippen LogP contribution in [-0.2, 0) is 0 Å². The highest BCUT2D eigenvalue weighted by atomic mass is 15.1. The summed E-state index contributed by atoms with van der Waals surface area (Å²) >= 11 is 0. The summed E-state index contributed by atoms with van der Waals surface area (Å²) in [5, 5.41) is 12.5. The third-order valence-corrected chi connectivity index (χ3v) is 11.6. The first-order chi connectivity index (χ1) is 28.3. The van der Waals surface area contributed by atoms with E-state index in [2.05, 4.69) is 229 Å². The van der Waals surface area contributed by atoms with Crippen LogP contribution in [0.2, 0.25) is 0 Å². The average molecular weight is 724 g/mol. The molecule has 0 heterocycles. The summed E-state index contributed by atoms with van der Waals surface area (Å²) in [6.07, 6.45) is 0. The lowest BCUT2D eigenvalue weighted by molar-refractivity contribution is 1.30. The van der Waals surface area contributed by atoms with Gasteiger partial charge in [0.15, 0.2) is 0 Å². The minimum absolute atomic E-state index is 1.10. The second-order valence-electron chi connectivity index (χ2n) is 14.9. The molecule has 0 amide bonds. The van der Waals surface area contributed by atoms with Crippen LogP contribution < -0.4 is 4.90 Å². The quantitative estimate of drug-likeness (QED) is 0.154. The predicted molar refractivity (Wildman–Crippen MR) is 245 cm³/mol. The molecular weight excluding hydrogens is 687 g/mol. The van der Waals surface area contributed by atoms with Crippen molar-refractivity contribution < 1.29 is 0 Å². The van der Waals surface area contributed by atoms with Crippen molar-refractivity contribution in [1.82, 2.24) is 0 Å². The summed E-state index contributed by atoms with van der Waals surface area (Å²) in [5.41, 5.74) is 10.6. The molecule has 266 valence electrons. The number of hydrogen-bond donors (Lipinski definition) is 0. The van der Waals surface area contributed by atoms with Crippen molar-refractivity contribution >= 4 is 70.9 Å². The molecule has 0 radical (unpaired) electrons. The number of anilines is 3. The molecule has 57 heavy (non-hydrogen) atoms. The Kier molecular flexibility index (Phi) is 7.89. The molecule has 0 N–H and O–H groups in total. The number of benzene rings is 11. The first kappa shape index (κ1) is 32.9. The summed E-state index contributed by atoms with van der Waals surface area (Å²) in [5.74, 6) is 0. The standard InChI is InChI=1S/C56H37N/c1-2-14-43(15-3-1)55-52-20-10-8-18-50(52)51-19-9-11-21-53(51)56(55)57(47-32-28-39(29-33-47)45-26-22-38-12-4-5-16-44(38)36-45)48-34-30-40(31-35-48)46-27-25-42-24-23-41-13-6-7-17-49(41)54(42)37-46/h1-37H. The minimum Gasteiger partial charge on any atom is -0.309 e. The lowest BCUT2D eigenvalue weighted by atomic mass is 9.90. The van der Waals surface area contributed by atoms with E-state index in [0.717, 1.165) is 11.4 Å². The Morgan fingerprint density at radius 2 is 0.667 bits per heavy atom. The maximum absolute atomic E-state index is 2.47. The van der Waals surface area contributed by atoms with Crippen molar-refractivity contribution in [1.29, 1.82) is 0 Å². The van der Waals surface area contributed by atoms with Gasteiger partial charge in [-0.25, -0.2) is 0 Å². The van der Waals surface area contributed by atoms with Crippen molar-refractivity contribution in [2.75, 3.05) is 4.90 Å². The van der Waals surface area contributed by atoms with E-state index in [0.29, 0.717) is 0 Å². The number of nitrogens with zero attached hydrogens (tertiary/aromatic N) is 1. The van der Waals surface area contributed by atoms with E-state index in [1.54, 1.807) is 0 Å². The van der Waals surface area contributed by atoms with Crippen LogP contribution in [0.3, 0.4) is 0 Å². The van der Waals surface area contributed by atoms with Crippen LogP contribution >= 0.6 is 0 Å².